The second-order valence-corrected chi connectivity index (χ2v) is 5.40. The molecule has 0 N–H and O–H groups in total. The number of rotatable bonds is 0. The molecule has 3 amide bonds. The van der Waals surface area contributed by atoms with E-state index in [-0.39, 0.29) is 23.9 Å². The van der Waals surface area contributed by atoms with Gasteiger partial charge in [0.25, 0.3) is 0 Å². The topological polar surface area (TPSA) is 40.6 Å². The van der Waals surface area contributed by atoms with E-state index in [1.807, 2.05) is 0 Å². The van der Waals surface area contributed by atoms with E-state index < -0.39 is 0 Å². The van der Waals surface area contributed by atoms with E-state index >= 15 is 0 Å². The van der Waals surface area contributed by atoms with Crippen molar-refractivity contribution in [3.63, 3.8) is 0 Å². The monoisotopic (exact) mass is 246 g/mol. The van der Waals surface area contributed by atoms with Crippen molar-refractivity contribution in [1.29, 1.82) is 0 Å². The standard InChI is InChI=1S/C14H18N2O2/c1-15-12-8-10-6-4-3-5-9(10)7-11(12)13(17)16(2)14(15)18/h7-8,11-12H,3-6H2,1-2H3/t11-,12+/m0/s1. The zero-order valence-corrected chi connectivity index (χ0v) is 10.8. The second-order valence-electron chi connectivity index (χ2n) is 5.40. The number of carbonyl (C=O) groups is 2. The van der Waals surface area contributed by atoms with Crippen LogP contribution in [0.25, 0.3) is 0 Å². The Morgan fingerprint density at radius 2 is 1.67 bits per heavy atom. The van der Waals surface area contributed by atoms with Crippen LogP contribution in [0.15, 0.2) is 23.3 Å². The van der Waals surface area contributed by atoms with Gasteiger partial charge in [0.1, 0.15) is 0 Å². The van der Waals surface area contributed by atoms with Crippen LogP contribution in [0.2, 0.25) is 0 Å². The van der Waals surface area contributed by atoms with Crippen molar-refractivity contribution < 1.29 is 9.59 Å². The van der Waals surface area contributed by atoms with Crippen LogP contribution < -0.4 is 0 Å². The molecule has 1 saturated heterocycles. The summed E-state index contributed by atoms with van der Waals surface area (Å²) in [4.78, 5) is 27.0. The van der Waals surface area contributed by atoms with Crippen molar-refractivity contribution in [2.45, 2.75) is 31.7 Å². The van der Waals surface area contributed by atoms with Crippen LogP contribution in [0, 0.1) is 5.92 Å². The van der Waals surface area contributed by atoms with Crippen molar-refractivity contribution >= 4 is 11.9 Å². The molecule has 0 aromatic heterocycles. The second kappa shape index (κ2) is 3.97. The first-order valence-electron chi connectivity index (χ1n) is 6.55. The van der Waals surface area contributed by atoms with Crippen LogP contribution in [0.4, 0.5) is 4.79 Å². The molecule has 2 fully saturated rings. The van der Waals surface area contributed by atoms with Crippen molar-refractivity contribution in [3.8, 4) is 0 Å². The molecule has 0 radical (unpaired) electrons. The highest BCUT2D eigenvalue weighted by Crippen LogP contribution is 2.37. The summed E-state index contributed by atoms with van der Waals surface area (Å²) in [7, 11) is 3.34. The predicted octanol–water partition coefficient (Wildman–Crippen LogP) is 1.94. The fraction of sp³-hybridized carbons (Fsp3) is 0.571. The molecule has 0 aromatic rings. The first kappa shape index (κ1) is 11.5. The Morgan fingerprint density at radius 3 is 2.33 bits per heavy atom. The maximum Gasteiger partial charge on any atom is 0.326 e. The van der Waals surface area contributed by atoms with E-state index in [4.69, 9.17) is 0 Å². The van der Waals surface area contributed by atoms with Crippen LogP contribution >= 0.6 is 0 Å². The third-order valence-electron chi connectivity index (χ3n) is 4.33. The maximum absolute atomic E-state index is 12.2. The molecular weight excluding hydrogens is 228 g/mol. The summed E-state index contributed by atoms with van der Waals surface area (Å²) in [5.74, 6) is -0.258. The molecule has 2 atom stereocenters. The summed E-state index contributed by atoms with van der Waals surface area (Å²) < 4.78 is 0. The van der Waals surface area contributed by atoms with E-state index in [1.165, 1.54) is 28.9 Å². The Kier molecular flexibility index (Phi) is 2.54. The molecule has 4 nitrogen and oxygen atoms in total. The number of hydrogen-bond donors (Lipinski definition) is 0. The molecule has 2 aliphatic carbocycles. The zero-order valence-electron chi connectivity index (χ0n) is 10.8. The van der Waals surface area contributed by atoms with Gasteiger partial charge in [0.2, 0.25) is 5.91 Å². The lowest BCUT2D eigenvalue weighted by molar-refractivity contribution is -0.134. The number of amides is 3. The minimum atomic E-state index is -0.203. The third kappa shape index (κ3) is 1.51. The van der Waals surface area contributed by atoms with Crippen molar-refractivity contribution in [1.82, 2.24) is 9.80 Å². The van der Waals surface area contributed by atoms with E-state index in [1.54, 1.807) is 19.0 Å². The van der Waals surface area contributed by atoms with E-state index in [0.717, 1.165) is 12.8 Å². The summed E-state index contributed by atoms with van der Waals surface area (Å²) >= 11 is 0. The number of nitrogens with zero attached hydrogens (tertiary/aromatic N) is 2. The number of imide groups is 1. The van der Waals surface area contributed by atoms with Gasteiger partial charge in [-0.05, 0) is 36.8 Å². The Bertz CT molecular complexity index is 478. The molecule has 96 valence electrons. The highest BCUT2D eigenvalue weighted by molar-refractivity contribution is 5.99. The van der Waals surface area contributed by atoms with Crippen LogP contribution in [0.1, 0.15) is 25.7 Å². The van der Waals surface area contributed by atoms with Crippen LogP contribution in [0.3, 0.4) is 0 Å². The summed E-state index contributed by atoms with van der Waals surface area (Å²) in [6, 6.07) is -0.288. The molecule has 1 aliphatic heterocycles. The van der Waals surface area contributed by atoms with Gasteiger partial charge in [-0.3, -0.25) is 9.69 Å². The van der Waals surface area contributed by atoms with Crippen LogP contribution in [-0.2, 0) is 4.79 Å². The number of hydrogen-bond acceptors (Lipinski definition) is 2. The molecule has 1 saturated carbocycles. The summed E-state index contributed by atoms with van der Waals surface area (Å²) in [5, 5.41) is 0. The molecule has 0 aromatic carbocycles. The van der Waals surface area contributed by atoms with Gasteiger partial charge in [-0.1, -0.05) is 12.2 Å². The summed E-state index contributed by atoms with van der Waals surface area (Å²) in [6.45, 7) is 0. The van der Waals surface area contributed by atoms with Crippen molar-refractivity contribution in [2.75, 3.05) is 14.1 Å². The first-order chi connectivity index (χ1) is 8.59. The van der Waals surface area contributed by atoms with Gasteiger partial charge in [-0.15, -0.1) is 0 Å². The average Bonchev–Trinajstić information content (AvgIpc) is 2.41. The highest BCUT2D eigenvalue weighted by Gasteiger charge is 2.43. The van der Waals surface area contributed by atoms with Gasteiger partial charge in [0, 0.05) is 14.1 Å². The van der Waals surface area contributed by atoms with Crippen LogP contribution in [0.5, 0.6) is 0 Å². The number of likely N-dealkylation sites (N-methyl/N-ethyl adjacent to an activating group) is 1. The van der Waals surface area contributed by atoms with E-state index in [9.17, 15) is 9.59 Å². The molecule has 3 rings (SSSR count). The first-order valence-corrected chi connectivity index (χ1v) is 6.55. The molecule has 1 heterocycles. The van der Waals surface area contributed by atoms with Gasteiger partial charge >= 0.3 is 6.03 Å². The minimum Gasteiger partial charge on any atom is -0.320 e. The number of carbonyl (C=O) groups excluding carboxylic acids is 2. The van der Waals surface area contributed by atoms with Gasteiger partial charge < -0.3 is 4.90 Å². The Hall–Kier alpha value is -1.58. The lowest BCUT2D eigenvalue weighted by Crippen LogP contribution is -2.58. The fourth-order valence-electron chi connectivity index (χ4n) is 3.21. The third-order valence-corrected chi connectivity index (χ3v) is 4.33. The van der Waals surface area contributed by atoms with Crippen molar-refractivity contribution in [2.24, 2.45) is 5.92 Å². The SMILES string of the molecule is CN1C(=O)[C@H]2C=C3CCCCC3=C[C@H]2N(C)C1=O. The molecule has 3 aliphatic rings. The molecule has 0 spiro atoms. The molecular formula is C14H18N2O2. The highest BCUT2D eigenvalue weighted by atomic mass is 16.2. The van der Waals surface area contributed by atoms with Crippen molar-refractivity contribution in [3.05, 3.63) is 23.3 Å². The summed E-state index contributed by atoms with van der Waals surface area (Å²) in [5.41, 5.74) is 2.67. The van der Waals surface area contributed by atoms with Crippen LogP contribution in [-0.4, -0.2) is 41.9 Å². The van der Waals surface area contributed by atoms with E-state index in [2.05, 4.69) is 12.2 Å². The van der Waals surface area contributed by atoms with Gasteiger partial charge in [0.05, 0.1) is 12.0 Å². The molecule has 4 heteroatoms. The normalized spacial score (nSPS) is 31.7. The van der Waals surface area contributed by atoms with E-state index in [0.29, 0.717) is 0 Å². The Balaban J connectivity index is 1.99. The predicted molar refractivity (Wildman–Crippen MR) is 67.8 cm³/mol. The summed E-state index contributed by atoms with van der Waals surface area (Å²) in [6.07, 6.45) is 8.82. The fourth-order valence-corrected chi connectivity index (χ4v) is 3.21. The minimum absolute atomic E-state index is 0.0727. The zero-order chi connectivity index (χ0) is 12.9. The van der Waals surface area contributed by atoms with Gasteiger partial charge in [0.15, 0.2) is 0 Å². The molecule has 0 unspecified atom stereocenters. The largest absolute Gasteiger partial charge is 0.326 e. The maximum atomic E-state index is 12.2. The quantitative estimate of drug-likeness (QED) is 0.655. The smallest absolute Gasteiger partial charge is 0.320 e. The number of urea groups is 1. The lowest BCUT2D eigenvalue weighted by atomic mass is 9.78. The molecule has 0 bridgehead atoms. The van der Waals surface area contributed by atoms with Gasteiger partial charge in [-0.2, -0.15) is 0 Å². The Morgan fingerprint density at radius 1 is 1.06 bits per heavy atom. The Labute approximate surface area is 107 Å². The number of fused-ring (bicyclic) bond motifs is 2. The van der Waals surface area contributed by atoms with Gasteiger partial charge in [-0.25, -0.2) is 4.79 Å². The lowest BCUT2D eigenvalue weighted by Gasteiger charge is -2.42. The average molecular weight is 246 g/mol. The number of allylic oxidation sites excluding steroid dienone is 2. The molecule has 18 heavy (non-hydrogen) atoms.